The first-order chi connectivity index (χ1) is 11.2. The highest BCUT2D eigenvalue weighted by molar-refractivity contribution is 5.66. The van der Waals surface area contributed by atoms with Crippen LogP contribution in [0.15, 0.2) is 43.0 Å². The molecular formula is C21H32N2+2. The zero-order chi connectivity index (χ0) is 16.7. The highest BCUT2D eigenvalue weighted by Gasteiger charge is 2.15. The molecule has 2 rings (SSSR count). The zero-order valence-corrected chi connectivity index (χ0v) is 15.3. The van der Waals surface area contributed by atoms with Crippen LogP contribution in [0.3, 0.4) is 0 Å². The van der Waals surface area contributed by atoms with Crippen molar-refractivity contribution in [2.24, 2.45) is 0 Å². The predicted octanol–water partition coefficient (Wildman–Crippen LogP) is 4.65. The summed E-state index contributed by atoms with van der Waals surface area (Å²) in [4.78, 5) is 0. The zero-order valence-electron chi connectivity index (χ0n) is 15.3. The van der Waals surface area contributed by atoms with Crippen molar-refractivity contribution < 1.29 is 9.13 Å². The molecule has 0 aliphatic rings. The minimum Gasteiger partial charge on any atom is -0.205 e. The van der Waals surface area contributed by atoms with Gasteiger partial charge in [-0.05, 0) is 17.0 Å². The molecular weight excluding hydrogens is 280 g/mol. The summed E-state index contributed by atoms with van der Waals surface area (Å²) in [6.07, 6.45) is 14.0. The fourth-order valence-corrected chi connectivity index (χ4v) is 2.89. The first kappa shape index (κ1) is 17.7. The number of hydrogen-bond acceptors (Lipinski definition) is 0. The molecule has 0 N–H and O–H groups in total. The largest absolute Gasteiger partial charge is 0.205 e. The molecule has 0 spiro atoms. The van der Waals surface area contributed by atoms with Crippen molar-refractivity contribution in [2.75, 3.05) is 0 Å². The molecule has 0 unspecified atom stereocenters. The first-order valence-corrected chi connectivity index (χ1v) is 9.18. The van der Waals surface area contributed by atoms with E-state index in [0.29, 0.717) is 5.92 Å². The van der Waals surface area contributed by atoms with Gasteiger partial charge in [0.05, 0.1) is 0 Å². The van der Waals surface area contributed by atoms with Crippen LogP contribution in [0.25, 0.3) is 11.1 Å². The lowest BCUT2D eigenvalue weighted by atomic mass is 9.95. The Morgan fingerprint density at radius 3 is 1.96 bits per heavy atom. The predicted molar refractivity (Wildman–Crippen MR) is 96.2 cm³/mol. The Kier molecular flexibility index (Phi) is 6.76. The van der Waals surface area contributed by atoms with Crippen LogP contribution >= 0.6 is 0 Å². The maximum atomic E-state index is 2.34. The van der Waals surface area contributed by atoms with Gasteiger partial charge in [-0.3, -0.25) is 0 Å². The van der Waals surface area contributed by atoms with Crippen LogP contribution in [0.5, 0.6) is 0 Å². The Balaban J connectivity index is 2.26. The summed E-state index contributed by atoms with van der Waals surface area (Å²) >= 11 is 0. The van der Waals surface area contributed by atoms with Crippen LogP contribution in [0, 0.1) is 0 Å². The molecule has 0 bridgehead atoms. The third-order valence-electron chi connectivity index (χ3n) is 4.41. The number of aromatic nitrogens is 2. The van der Waals surface area contributed by atoms with Gasteiger partial charge in [-0.15, -0.1) is 0 Å². The fourth-order valence-electron chi connectivity index (χ4n) is 2.89. The number of hydrogen-bond donors (Lipinski definition) is 0. The summed E-state index contributed by atoms with van der Waals surface area (Å²) < 4.78 is 4.62. The molecule has 0 fully saturated rings. The molecule has 0 aromatic carbocycles. The topological polar surface area (TPSA) is 7.76 Å². The van der Waals surface area contributed by atoms with Crippen molar-refractivity contribution in [1.82, 2.24) is 0 Å². The molecule has 2 aromatic heterocycles. The number of pyridine rings is 2. The third-order valence-corrected chi connectivity index (χ3v) is 4.41. The van der Waals surface area contributed by atoms with Gasteiger partial charge in [0, 0.05) is 36.6 Å². The third kappa shape index (κ3) is 4.89. The Labute approximate surface area is 141 Å². The van der Waals surface area contributed by atoms with E-state index in [2.05, 4.69) is 79.8 Å². The Morgan fingerprint density at radius 1 is 0.826 bits per heavy atom. The smallest absolute Gasteiger partial charge is 0.172 e. The molecule has 0 atom stereocenters. The van der Waals surface area contributed by atoms with E-state index in [1.54, 1.807) is 0 Å². The standard InChI is InChI=1S/C21H32N2/c1-5-7-12-22-14-9-19(10-15-22)20-11-16-23(13-8-6-2)17-21(20)18(3)4/h9-11,14-18H,5-8,12-13H2,1-4H3/q+2. The normalized spacial score (nSPS) is 11.2. The lowest BCUT2D eigenvalue weighted by Gasteiger charge is -2.11. The van der Waals surface area contributed by atoms with E-state index >= 15 is 0 Å². The SMILES string of the molecule is CCCC[n+]1ccc(-c2cc[n+](CCCC)cc2C(C)C)cc1. The summed E-state index contributed by atoms with van der Waals surface area (Å²) in [5.74, 6) is 0.534. The van der Waals surface area contributed by atoms with Gasteiger partial charge in [0.2, 0.25) is 0 Å². The molecule has 2 aromatic rings. The highest BCUT2D eigenvalue weighted by Crippen LogP contribution is 2.27. The number of unbranched alkanes of at least 4 members (excludes halogenated alkanes) is 2. The number of rotatable bonds is 8. The Hall–Kier alpha value is -1.70. The van der Waals surface area contributed by atoms with E-state index < -0.39 is 0 Å². The maximum absolute atomic E-state index is 2.34. The van der Waals surface area contributed by atoms with E-state index in [4.69, 9.17) is 0 Å². The minimum atomic E-state index is 0.534. The van der Waals surface area contributed by atoms with Crippen LogP contribution in [0.4, 0.5) is 0 Å². The van der Waals surface area contributed by atoms with Crippen molar-refractivity contribution in [3.05, 3.63) is 48.5 Å². The number of nitrogens with zero attached hydrogens (tertiary/aromatic N) is 2. The molecule has 0 radical (unpaired) electrons. The monoisotopic (exact) mass is 312 g/mol. The number of aryl methyl sites for hydroxylation is 2. The fraction of sp³-hybridized carbons (Fsp3) is 0.524. The molecule has 0 saturated carbocycles. The van der Waals surface area contributed by atoms with Crippen LogP contribution in [0.2, 0.25) is 0 Å². The molecule has 23 heavy (non-hydrogen) atoms. The quantitative estimate of drug-likeness (QED) is 0.627. The van der Waals surface area contributed by atoms with Crippen LogP contribution in [0.1, 0.15) is 64.9 Å². The lowest BCUT2D eigenvalue weighted by molar-refractivity contribution is -0.697. The summed E-state index contributed by atoms with van der Waals surface area (Å²) in [5.41, 5.74) is 4.13. The van der Waals surface area contributed by atoms with Gasteiger partial charge in [-0.1, -0.05) is 40.5 Å². The van der Waals surface area contributed by atoms with Gasteiger partial charge in [0.1, 0.15) is 13.1 Å². The second kappa shape index (κ2) is 8.81. The lowest BCUT2D eigenvalue weighted by Crippen LogP contribution is -2.34. The average Bonchev–Trinajstić information content (AvgIpc) is 2.58. The second-order valence-corrected chi connectivity index (χ2v) is 6.74. The van der Waals surface area contributed by atoms with Crippen LogP contribution < -0.4 is 9.13 Å². The average molecular weight is 313 g/mol. The summed E-state index contributed by atoms with van der Waals surface area (Å²) in [7, 11) is 0. The van der Waals surface area contributed by atoms with Crippen LogP contribution in [-0.2, 0) is 13.1 Å². The molecule has 2 nitrogen and oxygen atoms in total. The van der Waals surface area contributed by atoms with Gasteiger partial charge in [0.15, 0.2) is 24.8 Å². The van der Waals surface area contributed by atoms with Crippen molar-refractivity contribution in [3.63, 3.8) is 0 Å². The first-order valence-electron chi connectivity index (χ1n) is 9.18. The van der Waals surface area contributed by atoms with Crippen molar-refractivity contribution in [3.8, 4) is 11.1 Å². The highest BCUT2D eigenvalue weighted by atomic mass is 14.9. The second-order valence-electron chi connectivity index (χ2n) is 6.74. The summed E-state index contributed by atoms with van der Waals surface area (Å²) in [6.45, 7) is 11.3. The van der Waals surface area contributed by atoms with Crippen molar-refractivity contribution >= 4 is 0 Å². The van der Waals surface area contributed by atoms with Gasteiger partial charge in [-0.25, -0.2) is 9.13 Å². The van der Waals surface area contributed by atoms with E-state index in [0.717, 1.165) is 13.1 Å². The Bertz CT molecular complexity index is 600. The van der Waals surface area contributed by atoms with E-state index in [1.165, 1.54) is 42.4 Å². The Morgan fingerprint density at radius 2 is 1.39 bits per heavy atom. The van der Waals surface area contributed by atoms with E-state index in [1.807, 2.05) is 0 Å². The van der Waals surface area contributed by atoms with Gasteiger partial charge < -0.3 is 0 Å². The molecule has 124 valence electrons. The molecule has 0 aliphatic heterocycles. The molecule has 0 amide bonds. The molecule has 2 heterocycles. The molecule has 2 heteroatoms. The maximum Gasteiger partial charge on any atom is 0.172 e. The van der Waals surface area contributed by atoms with Crippen LogP contribution in [-0.4, -0.2) is 0 Å². The van der Waals surface area contributed by atoms with Gasteiger partial charge in [-0.2, -0.15) is 0 Å². The minimum absolute atomic E-state index is 0.534. The summed E-state index contributed by atoms with van der Waals surface area (Å²) in [6, 6.07) is 6.80. The van der Waals surface area contributed by atoms with E-state index in [9.17, 15) is 0 Å². The molecule has 0 saturated heterocycles. The van der Waals surface area contributed by atoms with Gasteiger partial charge >= 0.3 is 0 Å². The van der Waals surface area contributed by atoms with Crippen molar-refractivity contribution in [1.29, 1.82) is 0 Å². The van der Waals surface area contributed by atoms with E-state index in [-0.39, 0.29) is 0 Å². The van der Waals surface area contributed by atoms with Gasteiger partial charge in [0.25, 0.3) is 0 Å². The summed E-state index contributed by atoms with van der Waals surface area (Å²) in [5, 5.41) is 0. The van der Waals surface area contributed by atoms with Crippen molar-refractivity contribution in [2.45, 2.75) is 72.4 Å². The molecule has 0 aliphatic carbocycles.